The Kier molecular flexibility index (Phi) is 5.89. The van der Waals surface area contributed by atoms with Crippen molar-refractivity contribution in [1.82, 2.24) is 0 Å². The molecule has 3 aromatic rings. The lowest BCUT2D eigenvalue weighted by molar-refractivity contribution is 0.262. The zero-order valence-corrected chi connectivity index (χ0v) is 16.2. The summed E-state index contributed by atoms with van der Waals surface area (Å²) >= 11 is 0. The maximum atomic E-state index is 12.5. The SMILES string of the molecule is COc1ccc(NS(=O)(=O)c2ccc(NC(=O)Nc3ccc(O)cc3)cc2)cc1. The third kappa shape index (κ3) is 5.39. The fourth-order valence-corrected chi connectivity index (χ4v) is 3.49. The van der Waals surface area contributed by atoms with Crippen molar-refractivity contribution < 1.29 is 23.1 Å². The van der Waals surface area contributed by atoms with Crippen LogP contribution < -0.4 is 20.1 Å². The normalized spacial score (nSPS) is 10.8. The van der Waals surface area contributed by atoms with Crippen LogP contribution in [0.3, 0.4) is 0 Å². The highest BCUT2D eigenvalue weighted by Gasteiger charge is 2.14. The summed E-state index contributed by atoms with van der Waals surface area (Å²) in [5.74, 6) is 0.713. The van der Waals surface area contributed by atoms with Crippen molar-refractivity contribution in [3.63, 3.8) is 0 Å². The maximum absolute atomic E-state index is 12.5. The first-order chi connectivity index (χ1) is 13.9. The molecular weight excluding hydrogens is 394 g/mol. The third-order valence-corrected chi connectivity index (χ3v) is 5.29. The van der Waals surface area contributed by atoms with Crippen LogP contribution in [0.4, 0.5) is 21.9 Å². The molecule has 2 amide bonds. The first kappa shape index (κ1) is 20.0. The largest absolute Gasteiger partial charge is 0.508 e. The molecule has 0 aliphatic heterocycles. The van der Waals surface area contributed by atoms with E-state index in [2.05, 4.69) is 15.4 Å². The number of aromatic hydroxyl groups is 1. The zero-order valence-electron chi connectivity index (χ0n) is 15.4. The van der Waals surface area contributed by atoms with E-state index in [0.29, 0.717) is 22.8 Å². The second kappa shape index (κ2) is 8.53. The van der Waals surface area contributed by atoms with Crippen molar-refractivity contribution >= 4 is 33.1 Å². The predicted molar refractivity (Wildman–Crippen MR) is 111 cm³/mol. The van der Waals surface area contributed by atoms with Gasteiger partial charge in [-0.1, -0.05) is 0 Å². The fourth-order valence-electron chi connectivity index (χ4n) is 2.43. The zero-order chi connectivity index (χ0) is 20.9. The topological polar surface area (TPSA) is 117 Å². The lowest BCUT2D eigenvalue weighted by Gasteiger charge is -2.10. The molecule has 0 bridgehead atoms. The molecule has 0 heterocycles. The second-order valence-electron chi connectivity index (χ2n) is 5.98. The minimum absolute atomic E-state index is 0.0535. The summed E-state index contributed by atoms with van der Waals surface area (Å²) in [4.78, 5) is 12.1. The standard InChI is InChI=1S/C20H19N3O5S/c1-28-18-10-4-16(5-11-18)23-29(26,27)19-12-6-15(7-13-19)22-20(25)21-14-2-8-17(24)9-3-14/h2-13,23-24H,1H3,(H2,21,22,25). The van der Waals surface area contributed by atoms with E-state index in [1.807, 2.05) is 0 Å². The van der Waals surface area contributed by atoms with Gasteiger partial charge in [0.1, 0.15) is 11.5 Å². The Labute approximate surface area is 168 Å². The number of phenolic OH excluding ortho intramolecular Hbond substituents is 1. The van der Waals surface area contributed by atoms with Gasteiger partial charge < -0.3 is 20.5 Å². The highest BCUT2D eigenvalue weighted by Crippen LogP contribution is 2.21. The number of urea groups is 1. The molecule has 0 saturated carbocycles. The Morgan fingerprint density at radius 2 is 1.28 bits per heavy atom. The van der Waals surface area contributed by atoms with Crippen molar-refractivity contribution in [1.29, 1.82) is 0 Å². The molecule has 0 spiro atoms. The summed E-state index contributed by atoms with van der Waals surface area (Å²) in [5, 5.41) is 14.5. The molecule has 9 heteroatoms. The molecule has 0 saturated heterocycles. The van der Waals surface area contributed by atoms with Gasteiger partial charge in [0.15, 0.2) is 0 Å². The Hall–Kier alpha value is -3.72. The van der Waals surface area contributed by atoms with Gasteiger partial charge in [-0.3, -0.25) is 4.72 Å². The monoisotopic (exact) mass is 413 g/mol. The van der Waals surface area contributed by atoms with E-state index >= 15 is 0 Å². The van der Waals surface area contributed by atoms with Gasteiger partial charge in [-0.05, 0) is 72.8 Å². The molecule has 4 N–H and O–H groups in total. The number of carbonyl (C=O) groups excluding carboxylic acids is 1. The van der Waals surface area contributed by atoms with Crippen LogP contribution in [0, 0.1) is 0 Å². The molecule has 3 aromatic carbocycles. The van der Waals surface area contributed by atoms with Crippen molar-refractivity contribution in [3.8, 4) is 11.5 Å². The summed E-state index contributed by atoms with van der Waals surface area (Å²) in [6.07, 6.45) is 0. The van der Waals surface area contributed by atoms with E-state index in [1.54, 1.807) is 36.4 Å². The Bertz CT molecular complexity index is 1080. The molecule has 0 radical (unpaired) electrons. The molecular formula is C20H19N3O5S. The Morgan fingerprint density at radius 3 is 1.79 bits per heavy atom. The van der Waals surface area contributed by atoms with Gasteiger partial charge >= 0.3 is 6.03 Å². The molecule has 0 aromatic heterocycles. The van der Waals surface area contributed by atoms with E-state index in [1.165, 1.54) is 43.5 Å². The van der Waals surface area contributed by atoms with Gasteiger partial charge in [0, 0.05) is 17.1 Å². The lowest BCUT2D eigenvalue weighted by Crippen LogP contribution is -2.19. The Morgan fingerprint density at radius 1 is 0.793 bits per heavy atom. The molecule has 8 nitrogen and oxygen atoms in total. The first-order valence-corrected chi connectivity index (χ1v) is 9.98. The number of hydrogen-bond acceptors (Lipinski definition) is 5. The van der Waals surface area contributed by atoms with Crippen LogP contribution in [-0.2, 0) is 10.0 Å². The summed E-state index contributed by atoms with van der Waals surface area (Å²) in [6.45, 7) is 0. The molecule has 0 atom stereocenters. The summed E-state index contributed by atoms with van der Waals surface area (Å²) in [5.41, 5.74) is 1.33. The smallest absolute Gasteiger partial charge is 0.323 e. The van der Waals surface area contributed by atoms with Gasteiger partial charge in [-0.15, -0.1) is 0 Å². The van der Waals surface area contributed by atoms with E-state index in [-0.39, 0.29) is 10.6 Å². The van der Waals surface area contributed by atoms with Crippen molar-refractivity contribution in [2.45, 2.75) is 4.90 Å². The summed E-state index contributed by atoms with van der Waals surface area (Å²) in [6, 6.07) is 17.8. The van der Waals surface area contributed by atoms with E-state index in [0.717, 1.165) is 0 Å². The summed E-state index contributed by atoms with van der Waals surface area (Å²) < 4.78 is 32.5. The minimum atomic E-state index is -3.77. The van der Waals surface area contributed by atoms with Crippen molar-refractivity contribution in [2.24, 2.45) is 0 Å². The molecule has 0 unspecified atom stereocenters. The number of ether oxygens (including phenoxy) is 1. The molecule has 3 rings (SSSR count). The van der Waals surface area contributed by atoms with E-state index in [9.17, 15) is 18.3 Å². The highest BCUT2D eigenvalue weighted by atomic mass is 32.2. The van der Waals surface area contributed by atoms with Crippen LogP contribution in [-0.4, -0.2) is 26.7 Å². The van der Waals surface area contributed by atoms with Gasteiger partial charge in [0.05, 0.1) is 12.0 Å². The van der Waals surface area contributed by atoms with Crippen LogP contribution in [0.1, 0.15) is 0 Å². The predicted octanol–water partition coefficient (Wildman–Crippen LogP) is 3.85. The number of sulfonamides is 1. The maximum Gasteiger partial charge on any atom is 0.323 e. The number of phenols is 1. The van der Waals surface area contributed by atoms with Gasteiger partial charge in [0.2, 0.25) is 0 Å². The van der Waals surface area contributed by atoms with Gasteiger partial charge in [-0.2, -0.15) is 0 Å². The van der Waals surface area contributed by atoms with Crippen LogP contribution in [0.2, 0.25) is 0 Å². The molecule has 150 valence electrons. The number of methoxy groups -OCH3 is 1. The summed E-state index contributed by atoms with van der Waals surface area (Å²) in [7, 11) is -2.25. The number of rotatable bonds is 6. The van der Waals surface area contributed by atoms with Crippen LogP contribution >= 0.6 is 0 Å². The number of hydrogen-bond donors (Lipinski definition) is 4. The number of nitrogens with one attached hydrogen (secondary N) is 3. The second-order valence-corrected chi connectivity index (χ2v) is 7.67. The number of anilines is 3. The lowest BCUT2D eigenvalue weighted by atomic mass is 10.3. The quantitative estimate of drug-likeness (QED) is 0.458. The van der Waals surface area contributed by atoms with E-state index in [4.69, 9.17) is 4.74 Å². The number of amides is 2. The highest BCUT2D eigenvalue weighted by molar-refractivity contribution is 7.92. The average molecular weight is 413 g/mol. The number of benzene rings is 3. The third-order valence-electron chi connectivity index (χ3n) is 3.89. The molecule has 29 heavy (non-hydrogen) atoms. The fraction of sp³-hybridized carbons (Fsp3) is 0.0500. The van der Waals surface area contributed by atoms with Crippen molar-refractivity contribution in [3.05, 3.63) is 72.8 Å². The van der Waals surface area contributed by atoms with Crippen LogP contribution in [0.5, 0.6) is 11.5 Å². The average Bonchev–Trinajstić information content (AvgIpc) is 2.70. The molecule has 0 aliphatic rings. The van der Waals surface area contributed by atoms with Crippen LogP contribution in [0.15, 0.2) is 77.7 Å². The van der Waals surface area contributed by atoms with Gasteiger partial charge in [0.25, 0.3) is 10.0 Å². The van der Waals surface area contributed by atoms with Crippen LogP contribution in [0.25, 0.3) is 0 Å². The molecule has 0 aliphatic carbocycles. The van der Waals surface area contributed by atoms with Gasteiger partial charge in [-0.25, -0.2) is 13.2 Å². The number of carbonyl (C=O) groups is 1. The molecule has 0 fully saturated rings. The minimum Gasteiger partial charge on any atom is -0.508 e. The van der Waals surface area contributed by atoms with E-state index < -0.39 is 16.1 Å². The Balaban J connectivity index is 1.63. The van der Waals surface area contributed by atoms with Crippen molar-refractivity contribution in [2.75, 3.05) is 22.5 Å². The first-order valence-electron chi connectivity index (χ1n) is 8.50.